The van der Waals surface area contributed by atoms with Gasteiger partial charge in [-0.2, -0.15) is 0 Å². The summed E-state index contributed by atoms with van der Waals surface area (Å²) in [7, 11) is 0. The van der Waals surface area contributed by atoms with Crippen LogP contribution in [0.1, 0.15) is 40.3 Å². The molecular formula is C37H28O. The molecule has 5 rings (SSSR count). The normalized spacial score (nSPS) is 11.2. The zero-order valence-corrected chi connectivity index (χ0v) is 21.7. The Morgan fingerprint density at radius 3 is 1.89 bits per heavy atom. The average Bonchev–Trinajstić information content (AvgIpc) is 2.95. The van der Waals surface area contributed by atoms with E-state index in [-0.39, 0.29) is 6.10 Å². The summed E-state index contributed by atoms with van der Waals surface area (Å²) in [4.78, 5) is 0. The van der Waals surface area contributed by atoms with Crippen LogP contribution in [0.3, 0.4) is 0 Å². The number of benzene rings is 5. The van der Waals surface area contributed by atoms with Crippen molar-refractivity contribution in [3.8, 4) is 36.0 Å². The van der Waals surface area contributed by atoms with Gasteiger partial charge in [0.25, 0.3) is 0 Å². The molecule has 0 spiro atoms. The Bertz CT molecular complexity index is 1780. The molecule has 0 bridgehead atoms. The fourth-order valence-corrected chi connectivity index (χ4v) is 4.51. The van der Waals surface area contributed by atoms with E-state index in [9.17, 15) is 0 Å². The largest absolute Gasteiger partial charge is 0.361 e. The highest BCUT2D eigenvalue weighted by Crippen LogP contribution is 2.25. The molecule has 0 aliphatic carbocycles. The lowest BCUT2D eigenvalue weighted by Gasteiger charge is -2.12. The second kappa shape index (κ2) is 11.5. The van der Waals surface area contributed by atoms with Crippen molar-refractivity contribution in [3.05, 3.63) is 130 Å². The van der Waals surface area contributed by atoms with E-state index in [0.717, 1.165) is 49.4 Å². The van der Waals surface area contributed by atoms with Crippen molar-refractivity contribution >= 4 is 21.5 Å². The number of hydrogen-bond acceptors (Lipinski definition) is 1. The van der Waals surface area contributed by atoms with E-state index in [0.29, 0.717) is 13.0 Å². The smallest absolute Gasteiger partial charge is 0.116 e. The lowest BCUT2D eigenvalue weighted by Crippen LogP contribution is -2.06. The minimum Gasteiger partial charge on any atom is -0.361 e. The van der Waals surface area contributed by atoms with Gasteiger partial charge in [0.1, 0.15) is 6.10 Å². The van der Waals surface area contributed by atoms with Crippen molar-refractivity contribution in [2.24, 2.45) is 0 Å². The first-order chi connectivity index (χ1) is 18.6. The molecule has 0 amide bonds. The summed E-state index contributed by atoms with van der Waals surface area (Å²) in [5, 5.41) is 4.53. The lowest BCUT2D eigenvalue weighted by molar-refractivity contribution is 0.0900. The van der Waals surface area contributed by atoms with Crippen LogP contribution in [-0.2, 0) is 17.8 Å². The highest BCUT2D eigenvalue weighted by atomic mass is 16.5. The van der Waals surface area contributed by atoms with Gasteiger partial charge in [0, 0.05) is 23.1 Å². The quantitative estimate of drug-likeness (QED) is 0.234. The van der Waals surface area contributed by atoms with Crippen molar-refractivity contribution in [1.82, 2.24) is 0 Å². The van der Waals surface area contributed by atoms with E-state index in [1.165, 1.54) is 5.56 Å². The standard InChI is InChI=1S/C37H28O/c1-4-9-30-20-21-31-10-5-7-12-34(31)36(30)24-25-37-33(23-22-32-11-6-8-13-35(32)37)26-38-28(3)16-19-29-17-14-27(2)15-18-29/h1,5-8,10-15,17-18,20-23,28H,9,26H2,2-3H3/t28-/m0/s1. The van der Waals surface area contributed by atoms with E-state index in [2.05, 4.69) is 103 Å². The summed E-state index contributed by atoms with van der Waals surface area (Å²) in [6.07, 6.45) is 6.01. The third-order valence-electron chi connectivity index (χ3n) is 6.60. The Morgan fingerprint density at radius 1 is 0.684 bits per heavy atom. The predicted molar refractivity (Wildman–Crippen MR) is 159 cm³/mol. The van der Waals surface area contributed by atoms with Crippen LogP contribution in [-0.4, -0.2) is 6.10 Å². The first kappa shape index (κ1) is 24.9. The summed E-state index contributed by atoms with van der Waals surface area (Å²) in [6, 6.07) is 33.3. The monoisotopic (exact) mass is 488 g/mol. The maximum Gasteiger partial charge on any atom is 0.116 e. The Balaban J connectivity index is 1.51. The summed E-state index contributed by atoms with van der Waals surface area (Å²) >= 11 is 0. The van der Waals surface area contributed by atoms with Crippen molar-refractivity contribution in [2.75, 3.05) is 0 Å². The Kier molecular flexibility index (Phi) is 7.57. The van der Waals surface area contributed by atoms with E-state index >= 15 is 0 Å². The average molecular weight is 489 g/mol. The maximum absolute atomic E-state index is 6.18. The molecule has 1 heteroatoms. The van der Waals surface area contributed by atoms with Crippen LogP contribution in [0.2, 0.25) is 0 Å². The minimum atomic E-state index is -0.219. The van der Waals surface area contributed by atoms with Gasteiger partial charge in [0.15, 0.2) is 0 Å². The fraction of sp³-hybridized carbons (Fsp3) is 0.135. The molecule has 0 N–H and O–H groups in total. The summed E-state index contributed by atoms with van der Waals surface area (Å²) in [6.45, 7) is 4.48. The molecule has 38 heavy (non-hydrogen) atoms. The van der Waals surface area contributed by atoms with Crippen molar-refractivity contribution in [3.63, 3.8) is 0 Å². The molecule has 5 aromatic rings. The van der Waals surface area contributed by atoms with Crippen LogP contribution in [0, 0.1) is 42.9 Å². The van der Waals surface area contributed by atoms with Gasteiger partial charge in [-0.3, -0.25) is 0 Å². The van der Waals surface area contributed by atoms with Gasteiger partial charge >= 0.3 is 0 Å². The number of ether oxygens (including phenoxy) is 1. The molecule has 1 atom stereocenters. The predicted octanol–water partition coefficient (Wildman–Crippen LogP) is 7.83. The molecule has 0 aromatic heterocycles. The SMILES string of the molecule is C#CCc1ccc2ccccc2c1C#Cc1c(CO[C@@H](C)C#Cc2ccc(C)cc2)ccc2ccccc12. The third kappa shape index (κ3) is 5.64. The van der Waals surface area contributed by atoms with Crippen LogP contribution in [0.4, 0.5) is 0 Å². The number of fused-ring (bicyclic) bond motifs is 2. The van der Waals surface area contributed by atoms with Gasteiger partial charge < -0.3 is 4.74 Å². The number of hydrogen-bond donors (Lipinski definition) is 0. The van der Waals surface area contributed by atoms with Crippen molar-refractivity contribution in [1.29, 1.82) is 0 Å². The number of rotatable bonds is 4. The Labute approximate surface area is 225 Å². The van der Waals surface area contributed by atoms with Crippen LogP contribution in [0.25, 0.3) is 21.5 Å². The summed E-state index contributed by atoms with van der Waals surface area (Å²) in [5.41, 5.74) is 6.27. The first-order valence-electron chi connectivity index (χ1n) is 12.8. The van der Waals surface area contributed by atoms with E-state index in [4.69, 9.17) is 11.2 Å². The molecule has 182 valence electrons. The van der Waals surface area contributed by atoms with Crippen LogP contribution < -0.4 is 0 Å². The fourth-order valence-electron chi connectivity index (χ4n) is 4.51. The zero-order chi connectivity index (χ0) is 26.3. The minimum absolute atomic E-state index is 0.219. The van der Waals surface area contributed by atoms with Gasteiger partial charge in [-0.25, -0.2) is 0 Å². The highest BCUT2D eigenvalue weighted by Gasteiger charge is 2.09. The second-order valence-electron chi connectivity index (χ2n) is 9.36. The van der Waals surface area contributed by atoms with Crippen LogP contribution in [0.15, 0.2) is 97.1 Å². The van der Waals surface area contributed by atoms with Crippen molar-refractivity contribution < 1.29 is 4.74 Å². The topological polar surface area (TPSA) is 9.23 Å². The third-order valence-corrected chi connectivity index (χ3v) is 6.60. The summed E-state index contributed by atoms with van der Waals surface area (Å²) in [5.74, 6) is 16.2. The highest BCUT2D eigenvalue weighted by molar-refractivity contribution is 5.92. The first-order valence-corrected chi connectivity index (χ1v) is 12.8. The molecule has 0 saturated heterocycles. The maximum atomic E-state index is 6.18. The molecule has 0 aliphatic rings. The molecule has 5 aromatic carbocycles. The zero-order valence-electron chi connectivity index (χ0n) is 21.7. The molecular weight excluding hydrogens is 460 g/mol. The van der Waals surface area contributed by atoms with E-state index in [1.54, 1.807) is 0 Å². The molecule has 0 fully saturated rings. The van der Waals surface area contributed by atoms with Gasteiger partial charge in [0.2, 0.25) is 0 Å². The number of aryl methyl sites for hydroxylation is 1. The molecule has 0 unspecified atom stereocenters. The molecule has 0 radical (unpaired) electrons. The second-order valence-corrected chi connectivity index (χ2v) is 9.36. The molecule has 1 nitrogen and oxygen atoms in total. The van der Waals surface area contributed by atoms with Gasteiger partial charge in [0.05, 0.1) is 6.61 Å². The van der Waals surface area contributed by atoms with Crippen LogP contribution >= 0.6 is 0 Å². The van der Waals surface area contributed by atoms with Crippen molar-refractivity contribution in [2.45, 2.75) is 33.0 Å². The van der Waals surface area contributed by atoms with Gasteiger partial charge in [-0.05, 0) is 58.7 Å². The lowest BCUT2D eigenvalue weighted by atomic mass is 9.95. The summed E-state index contributed by atoms with van der Waals surface area (Å²) < 4.78 is 6.18. The molecule has 0 heterocycles. The Hall–Kier alpha value is -4.74. The van der Waals surface area contributed by atoms with Crippen LogP contribution in [0.5, 0.6) is 0 Å². The van der Waals surface area contributed by atoms with Gasteiger partial charge in [-0.15, -0.1) is 12.3 Å². The molecule has 0 saturated carbocycles. The van der Waals surface area contributed by atoms with Gasteiger partial charge in [-0.1, -0.05) is 114 Å². The number of terminal acetylenes is 1. The Morgan fingerprint density at radius 2 is 1.26 bits per heavy atom. The van der Waals surface area contributed by atoms with E-state index in [1.807, 2.05) is 37.3 Å². The molecule has 0 aliphatic heterocycles. The van der Waals surface area contributed by atoms with E-state index < -0.39 is 0 Å².